The summed E-state index contributed by atoms with van der Waals surface area (Å²) in [6, 6.07) is 14.6. The van der Waals surface area contributed by atoms with Crippen LogP contribution in [0.4, 0.5) is 5.69 Å². The van der Waals surface area contributed by atoms with Crippen LogP contribution in [0.5, 0.6) is 17.2 Å². The molecule has 1 amide bonds. The summed E-state index contributed by atoms with van der Waals surface area (Å²) in [5.74, 6) is 1.56. The number of ether oxygens (including phenoxy) is 3. The van der Waals surface area contributed by atoms with E-state index in [0.29, 0.717) is 22.9 Å². The quantitative estimate of drug-likeness (QED) is 0.803. The van der Waals surface area contributed by atoms with Crippen molar-refractivity contribution in [2.45, 2.75) is 18.9 Å². The highest BCUT2D eigenvalue weighted by molar-refractivity contribution is 5.97. The molecule has 1 heterocycles. The van der Waals surface area contributed by atoms with Crippen LogP contribution in [0.15, 0.2) is 48.5 Å². The van der Waals surface area contributed by atoms with Gasteiger partial charge in [0.05, 0.1) is 18.9 Å². The molecule has 6 heteroatoms. The van der Waals surface area contributed by atoms with Crippen molar-refractivity contribution in [2.75, 3.05) is 12.4 Å². The lowest BCUT2D eigenvalue weighted by atomic mass is 9.79. The molecule has 5 rings (SSSR count). The molecule has 3 fully saturated rings. The minimum absolute atomic E-state index is 0.0398. The summed E-state index contributed by atoms with van der Waals surface area (Å²) in [7, 11) is 1.60. The fourth-order valence-electron chi connectivity index (χ4n) is 5.03. The molecule has 6 nitrogen and oxygen atoms in total. The second-order valence-corrected chi connectivity index (χ2v) is 7.69. The molecule has 28 heavy (non-hydrogen) atoms. The van der Waals surface area contributed by atoms with E-state index in [-0.39, 0.29) is 41.7 Å². The van der Waals surface area contributed by atoms with Gasteiger partial charge in [-0.25, -0.2) is 0 Å². The van der Waals surface area contributed by atoms with Gasteiger partial charge in [-0.15, -0.1) is 0 Å². The molecule has 5 atom stereocenters. The second-order valence-electron chi connectivity index (χ2n) is 7.69. The summed E-state index contributed by atoms with van der Waals surface area (Å²) >= 11 is 0. The van der Waals surface area contributed by atoms with E-state index in [0.717, 1.165) is 12.8 Å². The molecule has 1 aliphatic heterocycles. The Kier molecular flexibility index (Phi) is 4.00. The first-order chi connectivity index (χ1) is 13.6. The highest BCUT2D eigenvalue weighted by Crippen LogP contribution is 2.57. The van der Waals surface area contributed by atoms with Crippen LogP contribution >= 0.6 is 0 Å². The van der Waals surface area contributed by atoms with Gasteiger partial charge in [0.2, 0.25) is 5.91 Å². The number of anilines is 1. The molecule has 1 N–H and O–H groups in total. The molecule has 2 bridgehead atoms. The van der Waals surface area contributed by atoms with E-state index in [2.05, 4.69) is 5.32 Å². The van der Waals surface area contributed by atoms with Crippen molar-refractivity contribution in [1.82, 2.24) is 0 Å². The van der Waals surface area contributed by atoms with Gasteiger partial charge in [0, 0.05) is 11.6 Å². The maximum absolute atomic E-state index is 12.8. The number of fused-ring (bicyclic) bond motifs is 1. The fraction of sp³-hybridized carbons (Fsp3) is 0.364. The molecule has 144 valence electrons. The van der Waals surface area contributed by atoms with Crippen LogP contribution in [0.3, 0.4) is 0 Å². The number of benzene rings is 2. The Morgan fingerprint density at radius 3 is 2.57 bits per heavy atom. The fourth-order valence-corrected chi connectivity index (χ4v) is 5.03. The Balaban J connectivity index is 1.27. The van der Waals surface area contributed by atoms with E-state index in [1.807, 2.05) is 24.3 Å². The van der Waals surface area contributed by atoms with Crippen molar-refractivity contribution in [3.63, 3.8) is 0 Å². The van der Waals surface area contributed by atoms with E-state index in [9.17, 15) is 9.59 Å². The average molecular weight is 379 g/mol. The van der Waals surface area contributed by atoms with Crippen molar-refractivity contribution in [1.29, 1.82) is 0 Å². The van der Waals surface area contributed by atoms with Crippen LogP contribution in [0, 0.1) is 23.7 Å². The van der Waals surface area contributed by atoms with Gasteiger partial charge in [-0.1, -0.05) is 12.1 Å². The second kappa shape index (κ2) is 6.55. The Bertz CT molecular complexity index is 923. The first kappa shape index (κ1) is 17.1. The zero-order chi connectivity index (χ0) is 19.3. The normalized spacial score (nSPS) is 29.5. The third-order valence-electron chi connectivity index (χ3n) is 6.20. The molecular weight excluding hydrogens is 358 g/mol. The van der Waals surface area contributed by atoms with Gasteiger partial charge < -0.3 is 19.5 Å². The minimum Gasteiger partial charge on any atom is -0.493 e. The summed E-state index contributed by atoms with van der Waals surface area (Å²) in [6.07, 6.45) is 1.78. The number of hydrogen-bond acceptors (Lipinski definition) is 5. The van der Waals surface area contributed by atoms with Crippen LogP contribution in [0.25, 0.3) is 0 Å². The Hall–Kier alpha value is -3.02. The van der Waals surface area contributed by atoms with Gasteiger partial charge in [0.1, 0.15) is 11.9 Å². The zero-order valence-electron chi connectivity index (χ0n) is 15.5. The lowest BCUT2D eigenvalue weighted by molar-refractivity contribution is -0.145. The summed E-state index contributed by atoms with van der Waals surface area (Å²) in [5, 5.41) is 2.96. The van der Waals surface area contributed by atoms with Crippen molar-refractivity contribution < 1.29 is 23.8 Å². The van der Waals surface area contributed by atoms with Gasteiger partial charge in [-0.3, -0.25) is 9.59 Å². The number of para-hydroxylation sites is 2. The van der Waals surface area contributed by atoms with E-state index in [4.69, 9.17) is 14.2 Å². The third kappa shape index (κ3) is 2.71. The molecule has 0 unspecified atom stereocenters. The van der Waals surface area contributed by atoms with Crippen LogP contribution < -0.4 is 14.8 Å². The average Bonchev–Trinajstić information content (AvgIpc) is 3.32. The van der Waals surface area contributed by atoms with E-state index in [1.54, 1.807) is 31.4 Å². The number of methoxy groups -OCH3 is 1. The molecule has 2 aromatic carbocycles. The van der Waals surface area contributed by atoms with Crippen LogP contribution in [0.1, 0.15) is 12.8 Å². The van der Waals surface area contributed by atoms with Crippen LogP contribution in [-0.2, 0) is 14.3 Å². The van der Waals surface area contributed by atoms with Crippen molar-refractivity contribution in [3.8, 4) is 17.2 Å². The monoisotopic (exact) mass is 379 g/mol. The molecule has 0 aromatic heterocycles. The number of esters is 1. The van der Waals surface area contributed by atoms with Gasteiger partial charge in [-0.2, -0.15) is 0 Å². The molecule has 0 radical (unpaired) electrons. The van der Waals surface area contributed by atoms with Crippen molar-refractivity contribution in [2.24, 2.45) is 23.7 Å². The summed E-state index contributed by atoms with van der Waals surface area (Å²) in [4.78, 5) is 24.9. The minimum atomic E-state index is -0.277. The van der Waals surface area contributed by atoms with Gasteiger partial charge in [-0.05, 0) is 55.2 Å². The van der Waals surface area contributed by atoms with Gasteiger partial charge in [0.15, 0.2) is 11.5 Å². The van der Waals surface area contributed by atoms with E-state index < -0.39 is 0 Å². The molecule has 2 aromatic rings. The van der Waals surface area contributed by atoms with Crippen molar-refractivity contribution >= 4 is 17.6 Å². The molecule has 1 saturated heterocycles. The van der Waals surface area contributed by atoms with Crippen LogP contribution in [-0.4, -0.2) is 25.1 Å². The number of hydrogen-bond donors (Lipinski definition) is 1. The molecule has 0 spiro atoms. The SMILES string of the molecule is COc1ccccc1Oc1ccc(NC(=O)[C@@H]2[C@@H]3C[C@@H]4[C@@H]2C(=O)O[C@H]4C3)cc1. The molecule has 2 aliphatic carbocycles. The molecule has 2 saturated carbocycles. The number of carbonyl (C=O) groups is 2. The van der Waals surface area contributed by atoms with Gasteiger partial charge >= 0.3 is 5.97 Å². The van der Waals surface area contributed by atoms with Crippen molar-refractivity contribution in [3.05, 3.63) is 48.5 Å². The first-order valence-corrected chi connectivity index (χ1v) is 9.56. The Labute approximate surface area is 162 Å². The van der Waals surface area contributed by atoms with E-state index >= 15 is 0 Å². The summed E-state index contributed by atoms with van der Waals surface area (Å²) in [6.45, 7) is 0. The Morgan fingerprint density at radius 2 is 1.82 bits per heavy atom. The number of rotatable bonds is 5. The molecule has 3 aliphatic rings. The van der Waals surface area contributed by atoms with E-state index in [1.165, 1.54) is 0 Å². The van der Waals surface area contributed by atoms with Crippen LogP contribution in [0.2, 0.25) is 0 Å². The number of carbonyl (C=O) groups excluding carboxylic acids is 2. The maximum atomic E-state index is 12.8. The molecular formula is C22H21NO5. The van der Waals surface area contributed by atoms with Gasteiger partial charge in [0.25, 0.3) is 0 Å². The lowest BCUT2D eigenvalue weighted by Crippen LogP contribution is -2.35. The third-order valence-corrected chi connectivity index (χ3v) is 6.20. The smallest absolute Gasteiger partial charge is 0.310 e. The Morgan fingerprint density at radius 1 is 1.07 bits per heavy atom. The standard InChI is InChI=1S/C22H21NO5/c1-26-16-4-2-3-5-17(16)27-14-8-6-13(7-9-14)23-21(24)19-12-10-15-18(11-12)28-22(25)20(15)19/h2-9,12,15,18-20H,10-11H2,1H3,(H,23,24)/t12-,15+,18+,19-,20+/m1/s1. The lowest BCUT2D eigenvalue weighted by Gasteiger charge is -2.23. The maximum Gasteiger partial charge on any atom is 0.310 e. The number of nitrogens with one attached hydrogen (secondary N) is 1. The summed E-state index contributed by atoms with van der Waals surface area (Å²) < 4.78 is 16.6. The first-order valence-electron chi connectivity index (χ1n) is 9.56. The highest BCUT2D eigenvalue weighted by atomic mass is 16.6. The predicted molar refractivity (Wildman–Crippen MR) is 101 cm³/mol. The highest BCUT2D eigenvalue weighted by Gasteiger charge is 2.63. The predicted octanol–water partition coefficient (Wildman–Crippen LogP) is 3.62. The topological polar surface area (TPSA) is 73.9 Å². The zero-order valence-corrected chi connectivity index (χ0v) is 15.5. The summed E-state index contributed by atoms with van der Waals surface area (Å²) in [5.41, 5.74) is 0.683. The largest absolute Gasteiger partial charge is 0.493 e. The number of amides is 1.